The van der Waals surface area contributed by atoms with Crippen LogP contribution in [0.4, 0.5) is 5.69 Å². The highest BCUT2D eigenvalue weighted by Crippen LogP contribution is 2.30. The van der Waals surface area contributed by atoms with Crippen LogP contribution in [0.5, 0.6) is 0 Å². The number of benzene rings is 1. The molecule has 1 aromatic heterocycles. The first-order chi connectivity index (χ1) is 6.65. The van der Waals surface area contributed by atoms with Crippen molar-refractivity contribution in [3.05, 3.63) is 18.2 Å². The lowest BCUT2D eigenvalue weighted by Crippen LogP contribution is -1.81. The molecule has 0 spiro atoms. The highest BCUT2D eigenvalue weighted by molar-refractivity contribution is 8.14. The number of thioether (sulfide) groups is 1. The Morgan fingerprint density at radius 1 is 1.57 bits per heavy atom. The summed E-state index contributed by atoms with van der Waals surface area (Å²) >= 11 is 2.65. The molecule has 2 aromatic rings. The first-order valence-corrected chi connectivity index (χ1v) is 5.63. The van der Waals surface area contributed by atoms with Crippen LogP contribution in [-0.4, -0.2) is 10.1 Å². The number of fused-ring (bicyclic) bond motifs is 1. The number of carbonyl (C=O) groups excluding carboxylic acids is 1. The molecule has 0 aliphatic carbocycles. The van der Waals surface area contributed by atoms with Crippen molar-refractivity contribution in [2.45, 2.75) is 11.3 Å². The van der Waals surface area contributed by atoms with Gasteiger partial charge < -0.3 is 5.73 Å². The number of thiazole rings is 1. The average Bonchev–Trinajstić information content (AvgIpc) is 2.44. The summed E-state index contributed by atoms with van der Waals surface area (Å²) in [6, 6.07) is 5.55. The van der Waals surface area contributed by atoms with Crippen LogP contribution in [0.25, 0.3) is 10.2 Å². The van der Waals surface area contributed by atoms with Crippen molar-refractivity contribution in [2.75, 3.05) is 5.73 Å². The smallest absolute Gasteiger partial charge is 0.192 e. The number of carbonyl (C=O) groups is 1. The van der Waals surface area contributed by atoms with Gasteiger partial charge in [0.05, 0.1) is 10.2 Å². The van der Waals surface area contributed by atoms with Crippen molar-refractivity contribution in [3.63, 3.8) is 0 Å². The van der Waals surface area contributed by atoms with E-state index in [0.717, 1.165) is 32.0 Å². The predicted molar refractivity (Wildman–Crippen MR) is 60.6 cm³/mol. The number of rotatable bonds is 1. The molecule has 0 radical (unpaired) electrons. The van der Waals surface area contributed by atoms with Crippen molar-refractivity contribution in [1.82, 2.24) is 4.98 Å². The van der Waals surface area contributed by atoms with E-state index in [9.17, 15) is 4.79 Å². The molecule has 0 atom stereocenters. The van der Waals surface area contributed by atoms with Crippen molar-refractivity contribution in [2.24, 2.45) is 0 Å². The Hall–Kier alpha value is -1.07. The minimum Gasteiger partial charge on any atom is -0.399 e. The van der Waals surface area contributed by atoms with Gasteiger partial charge in [-0.1, -0.05) is 0 Å². The minimum atomic E-state index is 0.0528. The summed E-state index contributed by atoms with van der Waals surface area (Å²) in [6.45, 7) is 1.53. The number of nitrogens with two attached hydrogens (primary N) is 1. The van der Waals surface area contributed by atoms with Crippen molar-refractivity contribution in [3.8, 4) is 0 Å². The van der Waals surface area contributed by atoms with Crippen LogP contribution in [0, 0.1) is 0 Å². The molecular formula is C9H8N2OS2. The zero-order valence-corrected chi connectivity index (χ0v) is 9.11. The zero-order chi connectivity index (χ0) is 10.1. The lowest BCUT2D eigenvalue weighted by Gasteiger charge is -1.88. The summed E-state index contributed by atoms with van der Waals surface area (Å²) in [4.78, 5) is 15.2. The third kappa shape index (κ3) is 1.88. The van der Waals surface area contributed by atoms with Crippen LogP contribution in [0.2, 0.25) is 0 Å². The summed E-state index contributed by atoms with van der Waals surface area (Å²) in [5.74, 6) is 0. The van der Waals surface area contributed by atoms with E-state index in [1.165, 1.54) is 18.3 Å². The molecule has 5 heteroatoms. The van der Waals surface area contributed by atoms with Gasteiger partial charge in [-0.2, -0.15) is 0 Å². The molecule has 2 N–H and O–H groups in total. The summed E-state index contributed by atoms with van der Waals surface area (Å²) in [7, 11) is 0. The average molecular weight is 224 g/mol. The largest absolute Gasteiger partial charge is 0.399 e. The van der Waals surface area contributed by atoms with Gasteiger partial charge in [0.2, 0.25) is 0 Å². The third-order valence-electron chi connectivity index (χ3n) is 1.62. The standard InChI is InChI=1S/C9H8N2OS2/c1-5(12)13-9-11-7-3-2-6(10)4-8(7)14-9/h2-4H,10H2,1H3. The first-order valence-electron chi connectivity index (χ1n) is 3.99. The maximum Gasteiger partial charge on any atom is 0.192 e. The normalized spacial score (nSPS) is 10.6. The van der Waals surface area contributed by atoms with Gasteiger partial charge in [-0.25, -0.2) is 4.98 Å². The van der Waals surface area contributed by atoms with E-state index in [-0.39, 0.29) is 5.12 Å². The van der Waals surface area contributed by atoms with E-state index < -0.39 is 0 Å². The molecular weight excluding hydrogens is 216 g/mol. The van der Waals surface area contributed by atoms with Crippen LogP contribution in [0.1, 0.15) is 6.92 Å². The Balaban J connectivity index is 2.46. The molecule has 0 aliphatic rings. The number of hydrogen-bond acceptors (Lipinski definition) is 5. The lowest BCUT2D eigenvalue weighted by molar-refractivity contribution is -0.109. The van der Waals surface area contributed by atoms with E-state index in [1.807, 2.05) is 18.2 Å². The van der Waals surface area contributed by atoms with E-state index in [4.69, 9.17) is 5.73 Å². The van der Waals surface area contributed by atoms with Gasteiger partial charge in [-0.15, -0.1) is 11.3 Å². The highest BCUT2D eigenvalue weighted by atomic mass is 32.2. The summed E-state index contributed by atoms with van der Waals surface area (Å²) in [6.07, 6.45) is 0. The van der Waals surface area contributed by atoms with Crippen LogP contribution < -0.4 is 5.73 Å². The number of nitrogens with zero attached hydrogens (tertiary/aromatic N) is 1. The SMILES string of the molecule is CC(=O)Sc1nc2ccc(N)cc2s1. The summed E-state index contributed by atoms with van der Waals surface area (Å²) in [5, 5.41) is 0.0528. The van der Waals surface area contributed by atoms with Gasteiger partial charge in [-0.3, -0.25) is 4.79 Å². The van der Waals surface area contributed by atoms with Gasteiger partial charge in [0, 0.05) is 12.6 Å². The molecule has 0 aliphatic heterocycles. The van der Waals surface area contributed by atoms with Crippen molar-refractivity contribution >= 4 is 44.1 Å². The Morgan fingerprint density at radius 2 is 2.36 bits per heavy atom. The molecule has 72 valence electrons. The summed E-state index contributed by atoms with van der Waals surface area (Å²) < 4.78 is 1.80. The maximum atomic E-state index is 10.9. The fraction of sp³-hybridized carbons (Fsp3) is 0.111. The number of anilines is 1. The van der Waals surface area contributed by atoms with Crippen LogP contribution in [-0.2, 0) is 4.79 Å². The Labute approximate surface area is 89.3 Å². The van der Waals surface area contributed by atoms with Crippen LogP contribution in [0.15, 0.2) is 22.5 Å². The second-order valence-corrected chi connectivity index (χ2v) is 5.26. The molecule has 1 heterocycles. The molecule has 0 saturated heterocycles. The third-order valence-corrected chi connectivity index (χ3v) is 3.49. The molecule has 1 aromatic carbocycles. The van der Waals surface area contributed by atoms with Crippen molar-refractivity contribution < 1.29 is 4.79 Å². The molecule has 0 fully saturated rings. The molecule has 0 amide bonds. The Kier molecular flexibility index (Phi) is 2.43. The van der Waals surface area contributed by atoms with E-state index >= 15 is 0 Å². The molecule has 14 heavy (non-hydrogen) atoms. The second kappa shape index (κ2) is 3.59. The quantitative estimate of drug-likeness (QED) is 0.597. The van der Waals surface area contributed by atoms with Crippen LogP contribution >= 0.6 is 23.1 Å². The number of nitrogen functional groups attached to an aromatic ring is 1. The Morgan fingerprint density at radius 3 is 3.07 bits per heavy atom. The molecule has 0 unspecified atom stereocenters. The number of aromatic nitrogens is 1. The maximum absolute atomic E-state index is 10.9. The monoisotopic (exact) mass is 224 g/mol. The topological polar surface area (TPSA) is 56.0 Å². The molecule has 3 nitrogen and oxygen atoms in total. The van der Waals surface area contributed by atoms with Gasteiger partial charge in [-0.05, 0) is 30.0 Å². The predicted octanol–water partition coefficient (Wildman–Crippen LogP) is 2.52. The summed E-state index contributed by atoms with van der Waals surface area (Å²) in [5.41, 5.74) is 7.26. The van der Waals surface area contributed by atoms with Gasteiger partial charge in [0.1, 0.15) is 0 Å². The number of hydrogen-bond donors (Lipinski definition) is 1. The van der Waals surface area contributed by atoms with E-state index in [2.05, 4.69) is 4.98 Å². The molecule has 0 bridgehead atoms. The second-order valence-electron chi connectivity index (χ2n) is 2.80. The van der Waals surface area contributed by atoms with Crippen molar-refractivity contribution in [1.29, 1.82) is 0 Å². The molecule has 2 rings (SSSR count). The lowest BCUT2D eigenvalue weighted by atomic mass is 10.3. The van der Waals surface area contributed by atoms with E-state index in [1.54, 1.807) is 0 Å². The fourth-order valence-electron chi connectivity index (χ4n) is 1.09. The fourth-order valence-corrected chi connectivity index (χ4v) is 3.01. The molecule has 0 saturated carbocycles. The Bertz CT molecular complexity index is 493. The highest BCUT2D eigenvalue weighted by Gasteiger charge is 2.06. The van der Waals surface area contributed by atoms with E-state index in [0.29, 0.717) is 0 Å². The van der Waals surface area contributed by atoms with Crippen LogP contribution in [0.3, 0.4) is 0 Å². The minimum absolute atomic E-state index is 0.0528. The van der Waals surface area contributed by atoms with Gasteiger partial charge in [0.15, 0.2) is 9.45 Å². The zero-order valence-electron chi connectivity index (χ0n) is 7.48. The van der Waals surface area contributed by atoms with Gasteiger partial charge >= 0.3 is 0 Å². The first kappa shape index (κ1) is 9.48. The van der Waals surface area contributed by atoms with Gasteiger partial charge in [0.25, 0.3) is 0 Å².